The topological polar surface area (TPSA) is 68.0 Å². The molecule has 20 heavy (non-hydrogen) atoms. The molecule has 0 aromatic heterocycles. The van der Waals surface area contributed by atoms with E-state index in [1.54, 1.807) is 4.90 Å². The van der Waals surface area contributed by atoms with Crippen LogP contribution in [0, 0.1) is 0 Å². The Bertz CT molecular complexity index is 342. The van der Waals surface area contributed by atoms with Gasteiger partial charge in [-0.1, -0.05) is 0 Å². The van der Waals surface area contributed by atoms with Gasteiger partial charge in [0.2, 0.25) is 0 Å². The highest BCUT2D eigenvalue weighted by Gasteiger charge is 2.49. The fourth-order valence-electron chi connectivity index (χ4n) is 2.94. The summed E-state index contributed by atoms with van der Waals surface area (Å²) in [5.74, 6) is 0. The Morgan fingerprint density at radius 1 is 1.30 bits per heavy atom. The summed E-state index contributed by atoms with van der Waals surface area (Å²) in [6.07, 6.45) is 0.685. The van der Waals surface area contributed by atoms with E-state index in [2.05, 4.69) is 4.90 Å². The maximum absolute atomic E-state index is 12.0. The molecule has 2 aliphatic heterocycles. The molecule has 0 aromatic rings. The van der Waals surface area contributed by atoms with E-state index >= 15 is 0 Å². The minimum atomic E-state index is -0.442. The van der Waals surface area contributed by atoms with E-state index in [0.717, 1.165) is 32.7 Å². The summed E-state index contributed by atoms with van der Waals surface area (Å²) in [6.45, 7) is 11.1. The molecule has 0 radical (unpaired) electrons. The van der Waals surface area contributed by atoms with E-state index in [-0.39, 0.29) is 11.6 Å². The molecular formula is C14H27N3O3. The van der Waals surface area contributed by atoms with Crippen LogP contribution in [-0.2, 0) is 9.47 Å². The monoisotopic (exact) mass is 285 g/mol. The predicted molar refractivity (Wildman–Crippen MR) is 76.6 cm³/mol. The van der Waals surface area contributed by atoms with Gasteiger partial charge >= 0.3 is 6.09 Å². The van der Waals surface area contributed by atoms with Gasteiger partial charge in [0, 0.05) is 26.2 Å². The molecule has 0 bridgehead atoms. The van der Waals surface area contributed by atoms with Gasteiger partial charge in [-0.2, -0.15) is 0 Å². The first-order chi connectivity index (χ1) is 9.36. The number of hydrogen-bond acceptors (Lipinski definition) is 5. The fourth-order valence-corrected chi connectivity index (χ4v) is 2.94. The Labute approximate surface area is 121 Å². The van der Waals surface area contributed by atoms with Gasteiger partial charge in [0.1, 0.15) is 5.60 Å². The van der Waals surface area contributed by atoms with Gasteiger partial charge < -0.3 is 20.1 Å². The van der Waals surface area contributed by atoms with Crippen LogP contribution < -0.4 is 5.73 Å². The zero-order valence-corrected chi connectivity index (χ0v) is 12.9. The van der Waals surface area contributed by atoms with Crippen molar-refractivity contribution in [1.82, 2.24) is 9.80 Å². The molecule has 6 nitrogen and oxygen atoms in total. The molecule has 0 unspecified atom stereocenters. The van der Waals surface area contributed by atoms with Gasteiger partial charge in [-0.25, -0.2) is 4.79 Å². The summed E-state index contributed by atoms with van der Waals surface area (Å²) in [6, 6.07) is 0. The van der Waals surface area contributed by atoms with Crippen LogP contribution in [0.5, 0.6) is 0 Å². The minimum Gasteiger partial charge on any atom is -0.444 e. The average molecular weight is 285 g/mol. The number of carbonyl (C=O) groups excluding carboxylic acids is 1. The standard InChI is InChI=1S/C14H27N3O3/c1-13(2,3)20-12(18)16-10-14(11-16,4-5-15)17-6-8-19-9-7-17/h4-11,15H2,1-3H3. The lowest BCUT2D eigenvalue weighted by atomic mass is 9.84. The van der Waals surface area contributed by atoms with Crippen LogP contribution in [0.2, 0.25) is 0 Å². The molecule has 2 N–H and O–H groups in total. The SMILES string of the molecule is CC(C)(C)OC(=O)N1CC(CCN)(N2CCOCC2)C1. The maximum atomic E-state index is 12.0. The van der Waals surface area contributed by atoms with Crippen molar-refractivity contribution in [3.63, 3.8) is 0 Å². The smallest absolute Gasteiger partial charge is 0.410 e. The molecule has 2 fully saturated rings. The summed E-state index contributed by atoms with van der Waals surface area (Å²) < 4.78 is 10.8. The second-order valence-electron chi connectivity index (χ2n) is 6.70. The van der Waals surface area contributed by atoms with Crippen LogP contribution in [0.3, 0.4) is 0 Å². The molecule has 0 aromatic carbocycles. The lowest BCUT2D eigenvalue weighted by Crippen LogP contribution is -2.73. The first kappa shape index (κ1) is 15.5. The number of hydrogen-bond donors (Lipinski definition) is 1. The van der Waals surface area contributed by atoms with E-state index in [1.807, 2.05) is 20.8 Å². The number of nitrogens with two attached hydrogens (primary N) is 1. The van der Waals surface area contributed by atoms with Gasteiger partial charge in [-0.3, -0.25) is 4.90 Å². The highest BCUT2D eigenvalue weighted by atomic mass is 16.6. The molecule has 2 aliphatic rings. The number of rotatable bonds is 3. The number of ether oxygens (including phenoxy) is 2. The Hall–Kier alpha value is -0.850. The summed E-state index contributed by atoms with van der Waals surface area (Å²) in [5, 5.41) is 0. The zero-order valence-electron chi connectivity index (χ0n) is 12.9. The third kappa shape index (κ3) is 3.42. The number of carbonyl (C=O) groups is 1. The van der Waals surface area contributed by atoms with E-state index in [0.29, 0.717) is 19.6 Å². The molecule has 2 saturated heterocycles. The predicted octanol–water partition coefficient (Wildman–Crippen LogP) is 0.657. The van der Waals surface area contributed by atoms with E-state index in [1.165, 1.54) is 0 Å². The number of likely N-dealkylation sites (tertiary alicyclic amines) is 1. The summed E-state index contributed by atoms with van der Waals surface area (Å²) >= 11 is 0. The average Bonchev–Trinajstić information content (AvgIpc) is 2.32. The van der Waals surface area contributed by atoms with Gasteiger partial charge in [0.15, 0.2) is 0 Å². The zero-order chi connectivity index (χ0) is 14.8. The fraction of sp³-hybridized carbons (Fsp3) is 0.929. The van der Waals surface area contributed by atoms with Gasteiger partial charge in [0.25, 0.3) is 0 Å². The Morgan fingerprint density at radius 2 is 1.90 bits per heavy atom. The van der Waals surface area contributed by atoms with Gasteiger partial charge in [-0.05, 0) is 33.7 Å². The first-order valence-electron chi connectivity index (χ1n) is 7.37. The minimum absolute atomic E-state index is 0.0232. The van der Waals surface area contributed by atoms with Crippen molar-refractivity contribution in [2.24, 2.45) is 5.73 Å². The first-order valence-corrected chi connectivity index (χ1v) is 7.37. The second kappa shape index (κ2) is 5.87. The molecule has 0 spiro atoms. The van der Waals surface area contributed by atoms with E-state index in [9.17, 15) is 4.79 Å². The van der Waals surface area contributed by atoms with Crippen molar-refractivity contribution in [1.29, 1.82) is 0 Å². The normalized spacial score (nSPS) is 23.3. The van der Waals surface area contributed by atoms with Crippen LogP contribution in [0.25, 0.3) is 0 Å². The lowest BCUT2D eigenvalue weighted by molar-refractivity contribution is -0.0977. The van der Waals surface area contributed by atoms with E-state index in [4.69, 9.17) is 15.2 Å². The summed E-state index contributed by atoms with van der Waals surface area (Å²) in [7, 11) is 0. The Kier molecular flexibility index (Phi) is 4.56. The van der Waals surface area contributed by atoms with Gasteiger partial charge in [-0.15, -0.1) is 0 Å². The Balaban J connectivity index is 1.93. The van der Waals surface area contributed by atoms with Crippen molar-refractivity contribution in [2.75, 3.05) is 45.9 Å². The van der Waals surface area contributed by atoms with Crippen molar-refractivity contribution < 1.29 is 14.3 Å². The molecule has 0 saturated carbocycles. The molecular weight excluding hydrogens is 258 g/mol. The molecule has 1 amide bonds. The van der Waals surface area contributed by atoms with Gasteiger partial charge in [0.05, 0.1) is 18.8 Å². The molecule has 2 rings (SSSR count). The number of amides is 1. The molecule has 0 aliphatic carbocycles. The highest BCUT2D eigenvalue weighted by Crippen LogP contribution is 2.32. The second-order valence-corrected chi connectivity index (χ2v) is 6.70. The van der Waals surface area contributed by atoms with Crippen molar-refractivity contribution in [3.05, 3.63) is 0 Å². The van der Waals surface area contributed by atoms with Crippen molar-refractivity contribution >= 4 is 6.09 Å². The third-order valence-corrected chi connectivity index (χ3v) is 3.91. The number of nitrogens with zero attached hydrogens (tertiary/aromatic N) is 2. The van der Waals surface area contributed by atoms with Crippen molar-refractivity contribution in [2.45, 2.75) is 38.3 Å². The van der Waals surface area contributed by atoms with E-state index < -0.39 is 5.60 Å². The number of morpholine rings is 1. The van der Waals surface area contributed by atoms with Crippen LogP contribution in [-0.4, -0.2) is 73.0 Å². The molecule has 6 heteroatoms. The largest absolute Gasteiger partial charge is 0.444 e. The van der Waals surface area contributed by atoms with Crippen LogP contribution in [0.4, 0.5) is 4.79 Å². The summed E-state index contributed by atoms with van der Waals surface area (Å²) in [4.78, 5) is 16.2. The Morgan fingerprint density at radius 3 is 2.40 bits per heavy atom. The lowest BCUT2D eigenvalue weighted by Gasteiger charge is -2.56. The maximum Gasteiger partial charge on any atom is 0.410 e. The molecule has 0 atom stereocenters. The van der Waals surface area contributed by atoms with Crippen LogP contribution in [0.15, 0.2) is 0 Å². The van der Waals surface area contributed by atoms with Crippen LogP contribution in [0.1, 0.15) is 27.2 Å². The third-order valence-electron chi connectivity index (χ3n) is 3.91. The molecule has 2 heterocycles. The quantitative estimate of drug-likeness (QED) is 0.825. The summed E-state index contributed by atoms with van der Waals surface area (Å²) in [5.41, 5.74) is 5.34. The highest BCUT2D eigenvalue weighted by molar-refractivity contribution is 5.69. The molecule has 116 valence electrons. The van der Waals surface area contributed by atoms with Crippen LogP contribution >= 0.6 is 0 Å². The van der Waals surface area contributed by atoms with Crippen molar-refractivity contribution in [3.8, 4) is 0 Å².